The molecule has 2 N–H and O–H groups in total. The molecule has 2 atom stereocenters. The van der Waals surface area contributed by atoms with Crippen molar-refractivity contribution in [3.8, 4) is 0 Å². The van der Waals surface area contributed by atoms with Crippen molar-refractivity contribution in [2.75, 3.05) is 19.7 Å². The van der Waals surface area contributed by atoms with Crippen LogP contribution < -0.4 is 0 Å². The van der Waals surface area contributed by atoms with Crippen LogP contribution in [-0.4, -0.2) is 47.0 Å². The minimum absolute atomic E-state index is 0.0172. The van der Waals surface area contributed by atoms with Gasteiger partial charge in [0.25, 0.3) is 0 Å². The normalized spacial score (nSPS) is 26.0. The van der Waals surface area contributed by atoms with Crippen LogP contribution in [0, 0.1) is 5.41 Å². The number of ether oxygens (including phenoxy) is 1. The number of β-amino-alcohol motifs (C(OH)–C–C–N with tert-alkyl or cyclic N) is 1. The Kier molecular flexibility index (Phi) is 5.16. The number of rotatable bonds is 1. The molecular weight excluding hydrogens is 341 g/mol. The van der Waals surface area contributed by atoms with Gasteiger partial charge in [-0.25, -0.2) is 4.79 Å². The lowest BCUT2D eigenvalue weighted by Crippen LogP contribution is -2.45. The van der Waals surface area contributed by atoms with Crippen molar-refractivity contribution in [3.63, 3.8) is 0 Å². The maximum atomic E-state index is 11.5. The van der Waals surface area contributed by atoms with Crippen LogP contribution in [0.4, 0.5) is 4.79 Å². The van der Waals surface area contributed by atoms with Crippen molar-refractivity contribution in [2.24, 2.45) is 5.41 Å². The van der Waals surface area contributed by atoms with Crippen molar-refractivity contribution in [1.29, 1.82) is 0 Å². The number of benzene rings is 1. The smallest absolute Gasteiger partial charge is 0.407 e. The number of carboxylic acid groups (broad SMARTS) is 1. The molecule has 1 aliphatic rings. The number of amides is 1. The summed E-state index contributed by atoms with van der Waals surface area (Å²) in [6.07, 6.45) is -1.42. The number of nitrogens with zero attached hydrogens (tertiary/aromatic N) is 1. The SMILES string of the molecule is CC(C)(C)C1CN(C(=O)O)CC(O)(c2ccc(Cl)c(Cl)c2)CO1. The van der Waals surface area contributed by atoms with Crippen molar-refractivity contribution in [3.05, 3.63) is 33.8 Å². The molecule has 128 valence electrons. The highest BCUT2D eigenvalue weighted by Gasteiger charge is 2.41. The van der Waals surface area contributed by atoms with E-state index >= 15 is 0 Å². The van der Waals surface area contributed by atoms with E-state index in [0.29, 0.717) is 15.6 Å². The van der Waals surface area contributed by atoms with Gasteiger partial charge in [0, 0.05) is 0 Å². The number of hydrogen-bond donors (Lipinski definition) is 2. The Morgan fingerprint density at radius 1 is 1.35 bits per heavy atom. The second-order valence-electron chi connectivity index (χ2n) is 6.99. The third kappa shape index (κ3) is 4.10. The Bertz CT molecular complexity index is 602. The first-order valence-electron chi connectivity index (χ1n) is 7.30. The van der Waals surface area contributed by atoms with Gasteiger partial charge in [0.15, 0.2) is 0 Å². The van der Waals surface area contributed by atoms with E-state index in [4.69, 9.17) is 27.9 Å². The van der Waals surface area contributed by atoms with Gasteiger partial charge in [-0.1, -0.05) is 50.0 Å². The molecular formula is C16H21Cl2NO4. The van der Waals surface area contributed by atoms with Crippen LogP contribution in [0.15, 0.2) is 18.2 Å². The lowest BCUT2D eigenvalue weighted by Gasteiger charge is -2.31. The van der Waals surface area contributed by atoms with E-state index in [2.05, 4.69) is 0 Å². The minimum Gasteiger partial charge on any atom is -0.465 e. The Balaban J connectivity index is 2.37. The lowest BCUT2D eigenvalue weighted by molar-refractivity contribution is -0.0813. The van der Waals surface area contributed by atoms with Crippen LogP contribution in [0.2, 0.25) is 10.0 Å². The summed E-state index contributed by atoms with van der Waals surface area (Å²) in [6, 6.07) is 4.76. The molecule has 0 saturated carbocycles. The summed E-state index contributed by atoms with van der Waals surface area (Å²) in [5.74, 6) is 0. The summed E-state index contributed by atoms with van der Waals surface area (Å²) >= 11 is 11.9. The molecule has 1 aromatic rings. The number of aliphatic hydroxyl groups is 1. The average molecular weight is 362 g/mol. The summed E-state index contributed by atoms with van der Waals surface area (Å²) in [5.41, 5.74) is -1.25. The van der Waals surface area contributed by atoms with Gasteiger partial charge in [-0.05, 0) is 23.1 Å². The first-order chi connectivity index (χ1) is 10.5. The van der Waals surface area contributed by atoms with E-state index in [1.807, 2.05) is 20.8 Å². The molecule has 2 rings (SSSR count). The van der Waals surface area contributed by atoms with Crippen LogP contribution in [0.25, 0.3) is 0 Å². The Labute approximate surface area is 145 Å². The van der Waals surface area contributed by atoms with Gasteiger partial charge in [-0.15, -0.1) is 0 Å². The molecule has 0 spiro atoms. The van der Waals surface area contributed by atoms with Crippen molar-refractivity contribution >= 4 is 29.3 Å². The first-order valence-corrected chi connectivity index (χ1v) is 8.06. The third-order valence-electron chi connectivity index (χ3n) is 4.06. The molecule has 0 bridgehead atoms. The molecule has 23 heavy (non-hydrogen) atoms. The Morgan fingerprint density at radius 3 is 2.52 bits per heavy atom. The number of hydrogen-bond acceptors (Lipinski definition) is 3. The summed E-state index contributed by atoms with van der Waals surface area (Å²) in [5, 5.41) is 21.1. The predicted octanol–water partition coefficient (Wildman–Crippen LogP) is 3.61. The zero-order chi connectivity index (χ0) is 17.4. The number of halogens is 2. The molecule has 0 radical (unpaired) electrons. The molecule has 5 nitrogen and oxygen atoms in total. The third-order valence-corrected chi connectivity index (χ3v) is 4.79. The molecule has 1 amide bonds. The molecule has 7 heteroatoms. The standard InChI is InChI=1S/C16H21Cl2NO4/c1-15(2,3)13-7-19(14(20)21)8-16(22,9-23-13)10-4-5-11(17)12(18)6-10/h4-6,13,22H,7-9H2,1-3H3,(H,20,21). The monoisotopic (exact) mass is 361 g/mol. The highest BCUT2D eigenvalue weighted by molar-refractivity contribution is 6.42. The molecule has 0 aromatic heterocycles. The van der Waals surface area contributed by atoms with Gasteiger partial charge in [0.05, 0.1) is 35.8 Å². The van der Waals surface area contributed by atoms with E-state index in [1.54, 1.807) is 18.2 Å². The highest BCUT2D eigenvalue weighted by Crippen LogP contribution is 2.34. The van der Waals surface area contributed by atoms with Gasteiger partial charge in [-0.2, -0.15) is 0 Å². The van der Waals surface area contributed by atoms with Crippen molar-refractivity contribution in [2.45, 2.75) is 32.5 Å². The molecule has 0 aliphatic carbocycles. The summed E-state index contributed by atoms with van der Waals surface area (Å²) in [7, 11) is 0. The Hall–Kier alpha value is -1.01. The van der Waals surface area contributed by atoms with Gasteiger partial charge >= 0.3 is 6.09 Å². The molecule has 2 unspecified atom stereocenters. The van der Waals surface area contributed by atoms with E-state index in [1.165, 1.54) is 4.90 Å². The van der Waals surface area contributed by atoms with Gasteiger partial charge in [0.2, 0.25) is 0 Å². The fourth-order valence-corrected chi connectivity index (χ4v) is 2.85. The van der Waals surface area contributed by atoms with E-state index < -0.39 is 11.7 Å². The lowest BCUT2D eigenvalue weighted by atomic mass is 9.89. The molecule has 1 aromatic carbocycles. The van der Waals surface area contributed by atoms with Crippen molar-refractivity contribution in [1.82, 2.24) is 4.90 Å². The second kappa shape index (κ2) is 6.48. The van der Waals surface area contributed by atoms with Crippen LogP contribution >= 0.6 is 23.2 Å². The average Bonchev–Trinajstić information content (AvgIpc) is 2.62. The van der Waals surface area contributed by atoms with E-state index in [-0.39, 0.29) is 31.2 Å². The van der Waals surface area contributed by atoms with Gasteiger partial charge in [-0.3, -0.25) is 0 Å². The summed E-state index contributed by atoms with van der Waals surface area (Å²) < 4.78 is 5.86. The molecule has 1 saturated heterocycles. The maximum absolute atomic E-state index is 11.5. The van der Waals surface area contributed by atoms with Gasteiger partial charge in [0.1, 0.15) is 5.60 Å². The fourth-order valence-electron chi connectivity index (χ4n) is 2.55. The van der Waals surface area contributed by atoms with Crippen LogP contribution in [-0.2, 0) is 10.3 Å². The Morgan fingerprint density at radius 2 is 2.00 bits per heavy atom. The molecule has 1 aliphatic heterocycles. The zero-order valence-corrected chi connectivity index (χ0v) is 14.9. The summed E-state index contributed by atoms with van der Waals surface area (Å²) in [4.78, 5) is 12.7. The molecule has 1 heterocycles. The van der Waals surface area contributed by atoms with Crippen LogP contribution in [0.1, 0.15) is 26.3 Å². The summed E-state index contributed by atoms with van der Waals surface area (Å²) in [6.45, 7) is 6.01. The maximum Gasteiger partial charge on any atom is 0.407 e. The quantitative estimate of drug-likeness (QED) is 0.801. The first kappa shape index (κ1) is 18.3. The zero-order valence-electron chi connectivity index (χ0n) is 13.3. The van der Waals surface area contributed by atoms with Crippen molar-refractivity contribution < 1.29 is 19.7 Å². The highest BCUT2D eigenvalue weighted by atomic mass is 35.5. The van der Waals surface area contributed by atoms with Crippen LogP contribution in [0.3, 0.4) is 0 Å². The largest absolute Gasteiger partial charge is 0.465 e. The molecule has 1 fully saturated rings. The number of carbonyl (C=O) groups is 1. The predicted molar refractivity (Wildman–Crippen MR) is 89.2 cm³/mol. The van der Waals surface area contributed by atoms with Gasteiger partial charge < -0.3 is 19.8 Å². The minimum atomic E-state index is -1.48. The fraction of sp³-hybridized carbons (Fsp3) is 0.562. The topological polar surface area (TPSA) is 70.0 Å². The second-order valence-corrected chi connectivity index (χ2v) is 7.80. The van der Waals surface area contributed by atoms with E-state index in [0.717, 1.165) is 0 Å². The van der Waals surface area contributed by atoms with E-state index in [9.17, 15) is 15.0 Å². The van der Waals surface area contributed by atoms with Crippen LogP contribution in [0.5, 0.6) is 0 Å².